The zero-order valence-electron chi connectivity index (χ0n) is 19.0. The van der Waals surface area contributed by atoms with Crippen LogP contribution in [0.2, 0.25) is 5.02 Å². The van der Waals surface area contributed by atoms with Gasteiger partial charge in [0.15, 0.2) is 0 Å². The molecule has 1 N–H and O–H groups in total. The summed E-state index contributed by atoms with van der Waals surface area (Å²) in [6.07, 6.45) is 1.40. The molecular formula is C27H27ClF2N2O2. The van der Waals surface area contributed by atoms with E-state index in [-0.39, 0.29) is 23.5 Å². The van der Waals surface area contributed by atoms with E-state index in [1.54, 1.807) is 43.3 Å². The first-order valence-corrected chi connectivity index (χ1v) is 11.7. The van der Waals surface area contributed by atoms with E-state index in [1.807, 2.05) is 6.07 Å². The van der Waals surface area contributed by atoms with E-state index >= 15 is 0 Å². The van der Waals surface area contributed by atoms with Gasteiger partial charge in [-0.2, -0.15) is 0 Å². The number of halogens is 3. The monoisotopic (exact) mass is 484 g/mol. The van der Waals surface area contributed by atoms with Crippen molar-refractivity contribution in [2.45, 2.75) is 32.9 Å². The molecule has 3 aromatic carbocycles. The van der Waals surface area contributed by atoms with Crippen molar-refractivity contribution in [2.75, 3.05) is 13.1 Å². The number of carbonyl (C=O) groups is 1. The fourth-order valence-electron chi connectivity index (χ4n) is 4.10. The smallest absolute Gasteiger partial charge is 0.223 e. The molecule has 1 aliphatic rings. The van der Waals surface area contributed by atoms with Gasteiger partial charge in [0, 0.05) is 29.6 Å². The Bertz CT molecular complexity index is 1160. The normalized spacial score (nSPS) is 14.7. The maximum atomic E-state index is 14.0. The van der Waals surface area contributed by atoms with E-state index in [2.05, 4.69) is 10.2 Å². The SMILES string of the molecule is Cc1ccc(CNC(=O)C2CCN(Cc3cc(F)ccc3Oc3cccc(Cl)c3)CC2)cc1F. The number of amides is 1. The molecule has 4 rings (SSSR count). The molecule has 0 aromatic heterocycles. The number of nitrogens with one attached hydrogen (secondary N) is 1. The Balaban J connectivity index is 1.31. The minimum absolute atomic E-state index is 0.0173. The van der Waals surface area contributed by atoms with Gasteiger partial charge in [-0.3, -0.25) is 9.69 Å². The highest BCUT2D eigenvalue weighted by Gasteiger charge is 2.25. The standard InChI is InChI=1S/C27H27ClF2N2O2/c1-18-5-6-19(13-25(18)30)16-31-27(33)20-9-11-32(12-10-20)17-21-14-23(29)7-8-26(21)34-24-4-2-3-22(28)15-24/h2-8,13-15,20H,9-12,16-17H2,1H3,(H,31,33). The third kappa shape index (κ3) is 6.33. The summed E-state index contributed by atoms with van der Waals surface area (Å²) in [6.45, 7) is 3.96. The van der Waals surface area contributed by atoms with Gasteiger partial charge in [0.2, 0.25) is 5.91 Å². The number of hydrogen-bond donors (Lipinski definition) is 1. The van der Waals surface area contributed by atoms with Crippen molar-refractivity contribution >= 4 is 17.5 Å². The lowest BCUT2D eigenvalue weighted by Crippen LogP contribution is -2.40. The highest BCUT2D eigenvalue weighted by atomic mass is 35.5. The summed E-state index contributed by atoms with van der Waals surface area (Å²) in [5.74, 6) is 0.460. The second-order valence-electron chi connectivity index (χ2n) is 8.66. The van der Waals surface area contributed by atoms with Crippen molar-refractivity contribution in [3.8, 4) is 11.5 Å². The van der Waals surface area contributed by atoms with Gasteiger partial charge in [0.25, 0.3) is 0 Å². The maximum absolute atomic E-state index is 14.0. The van der Waals surface area contributed by atoms with Gasteiger partial charge < -0.3 is 10.1 Å². The first-order valence-electron chi connectivity index (χ1n) is 11.3. The number of aryl methyl sites for hydroxylation is 1. The van der Waals surface area contributed by atoms with Gasteiger partial charge in [0.05, 0.1) is 0 Å². The summed E-state index contributed by atoms with van der Waals surface area (Å²) in [5, 5.41) is 3.49. The van der Waals surface area contributed by atoms with Crippen LogP contribution in [0.5, 0.6) is 11.5 Å². The number of likely N-dealkylation sites (tertiary alicyclic amines) is 1. The highest BCUT2D eigenvalue weighted by molar-refractivity contribution is 6.30. The van der Waals surface area contributed by atoms with E-state index < -0.39 is 0 Å². The number of nitrogens with zero attached hydrogens (tertiary/aromatic N) is 1. The van der Waals surface area contributed by atoms with E-state index in [4.69, 9.17) is 16.3 Å². The molecule has 1 heterocycles. The summed E-state index contributed by atoms with van der Waals surface area (Å²) in [5.41, 5.74) is 2.07. The minimum atomic E-state index is -0.324. The number of piperidine rings is 1. The Kier molecular flexibility index (Phi) is 7.80. The molecule has 3 aromatic rings. The molecule has 0 radical (unpaired) electrons. The number of ether oxygens (including phenoxy) is 1. The largest absolute Gasteiger partial charge is 0.457 e. The molecule has 0 bridgehead atoms. The van der Waals surface area contributed by atoms with Crippen molar-refractivity contribution in [3.05, 3.63) is 94.0 Å². The zero-order valence-corrected chi connectivity index (χ0v) is 19.7. The molecule has 178 valence electrons. The zero-order chi connectivity index (χ0) is 24.1. The molecule has 1 fully saturated rings. The van der Waals surface area contributed by atoms with Gasteiger partial charge >= 0.3 is 0 Å². The minimum Gasteiger partial charge on any atom is -0.457 e. The Labute approximate surface area is 203 Å². The summed E-state index contributed by atoms with van der Waals surface area (Å²) in [4.78, 5) is 14.8. The molecule has 4 nitrogen and oxygen atoms in total. The summed E-state index contributed by atoms with van der Waals surface area (Å²) in [6, 6.07) is 16.6. The second-order valence-corrected chi connectivity index (χ2v) is 9.10. The van der Waals surface area contributed by atoms with Crippen molar-refractivity contribution < 1.29 is 18.3 Å². The van der Waals surface area contributed by atoms with Crippen LogP contribution in [-0.2, 0) is 17.9 Å². The molecule has 0 saturated carbocycles. The molecule has 0 spiro atoms. The molecule has 0 unspecified atom stereocenters. The van der Waals surface area contributed by atoms with Crippen LogP contribution in [0.3, 0.4) is 0 Å². The second kappa shape index (κ2) is 11.0. The Hall–Kier alpha value is -2.96. The van der Waals surface area contributed by atoms with Gasteiger partial charge in [-0.1, -0.05) is 29.8 Å². The predicted octanol–water partition coefficient (Wildman–Crippen LogP) is 6.25. The van der Waals surface area contributed by atoms with E-state index in [0.29, 0.717) is 61.1 Å². The quantitative estimate of drug-likeness (QED) is 0.431. The van der Waals surface area contributed by atoms with Gasteiger partial charge in [-0.15, -0.1) is 0 Å². The van der Waals surface area contributed by atoms with Crippen LogP contribution in [0.25, 0.3) is 0 Å². The van der Waals surface area contributed by atoms with E-state index in [1.165, 1.54) is 18.2 Å². The van der Waals surface area contributed by atoms with Gasteiger partial charge in [0.1, 0.15) is 23.1 Å². The Morgan fingerprint density at radius 1 is 1.09 bits per heavy atom. The lowest BCUT2D eigenvalue weighted by Gasteiger charge is -2.31. The number of hydrogen-bond acceptors (Lipinski definition) is 3. The van der Waals surface area contributed by atoms with Crippen LogP contribution in [0.4, 0.5) is 8.78 Å². The molecule has 0 aliphatic carbocycles. The Morgan fingerprint density at radius 3 is 2.62 bits per heavy atom. The fraction of sp³-hybridized carbons (Fsp3) is 0.296. The van der Waals surface area contributed by atoms with Crippen molar-refractivity contribution in [3.63, 3.8) is 0 Å². The van der Waals surface area contributed by atoms with E-state index in [0.717, 1.165) is 11.1 Å². The highest BCUT2D eigenvalue weighted by Crippen LogP contribution is 2.30. The van der Waals surface area contributed by atoms with Crippen LogP contribution in [0, 0.1) is 24.5 Å². The summed E-state index contributed by atoms with van der Waals surface area (Å²) < 4.78 is 33.7. The lowest BCUT2D eigenvalue weighted by atomic mass is 9.95. The number of carbonyl (C=O) groups excluding carboxylic acids is 1. The van der Waals surface area contributed by atoms with Crippen LogP contribution in [0.1, 0.15) is 29.5 Å². The maximum Gasteiger partial charge on any atom is 0.223 e. The third-order valence-electron chi connectivity index (χ3n) is 6.10. The van der Waals surface area contributed by atoms with Crippen LogP contribution in [-0.4, -0.2) is 23.9 Å². The third-order valence-corrected chi connectivity index (χ3v) is 6.34. The topological polar surface area (TPSA) is 41.6 Å². The van der Waals surface area contributed by atoms with Crippen LogP contribution >= 0.6 is 11.6 Å². The molecule has 34 heavy (non-hydrogen) atoms. The molecule has 1 saturated heterocycles. The van der Waals surface area contributed by atoms with Crippen molar-refractivity contribution in [1.29, 1.82) is 0 Å². The molecule has 0 atom stereocenters. The fourth-order valence-corrected chi connectivity index (χ4v) is 4.28. The van der Waals surface area contributed by atoms with Crippen LogP contribution in [0.15, 0.2) is 60.7 Å². The molecule has 7 heteroatoms. The van der Waals surface area contributed by atoms with E-state index in [9.17, 15) is 13.6 Å². The first-order chi connectivity index (χ1) is 16.4. The van der Waals surface area contributed by atoms with Gasteiger partial charge in [-0.25, -0.2) is 8.78 Å². The summed E-state index contributed by atoms with van der Waals surface area (Å²) >= 11 is 6.04. The molecule has 1 aliphatic heterocycles. The first kappa shape index (κ1) is 24.2. The average molecular weight is 485 g/mol. The molecular weight excluding hydrogens is 458 g/mol. The van der Waals surface area contributed by atoms with Gasteiger partial charge in [-0.05, 0) is 86.4 Å². The average Bonchev–Trinajstić information content (AvgIpc) is 2.82. The molecule has 1 amide bonds. The Morgan fingerprint density at radius 2 is 1.88 bits per heavy atom. The predicted molar refractivity (Wildman–Crippen MR) is 129 cm³/mol. The lowest BCUT2D eigenvalue weighted by molar-refractivity contribution is -0.126. The van der Waals surface area contributed by atoms with Crippen molar-refractivity contribution in [2.24, 2.45) is 5.92 Å². The van der Waals surface area contributed by atoms with Crippen LogP contribution < -0.4 is 10.1 Å². The number of rotatable bonds is 7. The number of benzene rings is 3. The van der Waals surface area contributed by atoms with Crippen molar-refractivity contribution in [1.82, 2.24) is 10.2 Å². The summed E-state index contributed by atoms with van der Waals surface area (Å²) in [7, 11) is 0.